The molecule has 2 bridgehead atoms. The first-order valence-corrected chi connectivity index (χ1v) is 7.45. The Bertz CT molecular complexity index is 516. The minimum atomic E-state index is -0.314. The molecule has 2 aliphatic rings. The van der Waals surface area contributed by atoms with Crippen LogP contribution in [-0.2, 0) is 11.3 Å². The van der Waals surface area contributed by atoms with Crippen molar-refractivity contribution in [1.82, 2.24) is 10.6 Å². The van der Waals surface area contributed by atoms with Gasteiger partial charge in [0.25, 0.3) is 0 Å². The van der Waals surface area contributed by atoms with Crippen molar-refractivity contribution in [3.63, 3.8) is 0 Å². The molecule has 2 saturated heterocycles. The van der Waals surface area contributed by atoms with Gasteiger partial charge in [0.05, 0.1) is 12.1 Å². The molecule has 5 nitrogen and oxygen atoms in total. The number of nitrogens with one attached hydrogen (secondary N) is 3. The Morgan fingerprint density at radius 2 is 2.32 bits per heavy atom. The van der Waals surface area contributed by atoms with Gasteiger partial charge in [-0.3, -0.25) is 10.2 Å². The summed E-state index contributed by atoms with van der Waals surface area (Å²) in [7, 11) is 0. The molecule has 0 radical (unpaired) electrons. The monoisotopic (exact) mass is 278 g/mol. The maximum atomic E-state index is 12.3. The molecule has 1 amide bonds. The predicted molar refractivity (Wildman–Crippen MR) is 75.3 cm³/mol. The van der Waals surface area contributed by atoms with E-state index in [1.807, 2.05) is 11.4 Å². The van der Waals surface area contributed by atoms with E-state index in [0.29, 0.717) is 12.6 Å². The van der Waals surface area contributed by atoms with Crippen LogP contribution < -0.4 is 16.4 Å². The van der Waals surface area contributed by atoms with Crippen LogP contribution in [0.5, 0.6) is 0 Å². The summed E-state index contributed by atoms with van der Waals surface area (Å²) in [4.78, 5) is 13.3. The van der Waals surface area contributed by atoms with Crippen molar-refractivity contribution in [1.29, 1.82) is 5.41 Å². The summed E-state index contributed by atoms with van der Waals surface area (Å²) < 4.78 is 0. The SMILES string of the molecule is N=C(N)c1csc(CNC(=O)C23CCC(CC2)N3)c1. The third kappa shape index (κ3) is 2.26. The fourth-order valence-electron chi connectivity index (χ4n) is 3.03. The van der Waals surface area contributed by atoms with Gasteiger partial charge in [-0.25, -0.2) is 0 Å². The molecule has 0 spiro atoms. The number of amides is 1. The van der Waals surface area contributed by atoms with Gasteiger partial charge in [0, 0.05) is 21.9 Å². The van der Waals surface area contributed by atoms with Crippen LogP contribution in [0.4, 0.5) is 0 Å². The molecule has 0 unspecified atom stereocenters. The Balaban J connectivity index is 1.59. The van der Waals surface area contributed by atoms with E-state index in [0.717, 1.165) is 36.1 Å². The van der Waals surface area contributed by atoms with Gasteiger partial charge in [0.2, 0.25) is 5.91 Å². The van der Waals surface area contributed by atoms with Gasteiger partial charge >= 0.3 is 0 Å². The van der Waals surface area contributed by atoms with Crippen molar-refractivity contribution in [3.05, 3.63) is 21.9 Å². The Hall–Kier alpha value is -1.40. The van der Waals surface area contributed by atoms with Crippen molar-refractivity contribution in [2.24, 2.45) is 5.73 Å². The van der Waals surface area contributed by atoms with E-state index in [-0.39, 0.29) is 17.3 Å². The summed E-state index contributed by atoms with van der Waals surface area (Å²) in [6, 6.07) is 2.40. The number of carbonyl (C=O) groups excluding carboxylic acids is 1. The van der Waals surface area contributed by atoms with Crippen LogP contribution in [-0.4, -0.2) is 23.3 Å². The Morgan fingerprint density at radius 1 is 1.58 bits per heavy atom. The second kappa shape index (κ2) is 4.61. The third-order valence-corrected chi connectivity index (χ3v) is 5.08. The first kappa shape index (κ1) is 12.6. The predicted octanol–water partition coefficient (Wildman–Crippen LogP) is 0.933. The molecule has 1 aromatic rings. The average molecular weight is 278 g/mol. The number of nitrogens with two attached hydrogens (primary N) is 1. The van der Waals surface area contributed by atoms with E-state index in [1.54, 1.807) is 0 Å². The molecule has 3 heterocycles. The molecular weight excluding hydrogens is 260 g/mol. The van der Waals surface area contributed by atoms with Crippen LogP contribution in [0.25, 0.3) is 0 Å². The van der Waals surface area contributed by atoms with Crippen molar-refractivity contribution < 1.29 is 4.79 Å². The molecular formula is C13H18N4OS. The highest BCUT2D eigenvalue weighted by molar-refractivity contribution is 7.10. The van der Waals surface area contributed by atoms with Gasteiger partial charge in [-0.1, -0.05) is 0 Å². The lowest BCUT2D eigenvalue weighted by Gasteiger charge is -2.24. The van der Waals surface area contributed by atoms with E-state index in [4.69, 9.17) is 11.1 Å². The van der Waals surface area contributed by atoms with Crippen LogP contribution >= 0.6 is 11.3 Å². The van der Waals surface area contributed by atoms with Crippen LogP contribution in [0.15, 0.2) is 11.4 Å². The van der Waals surface area contributed by atoms with Crippen LogP contribution in [0.2, 0.25) is 0 Å². The Kier molecular flexibility index (Phi) is 3.06. The number of fused-ring (bicyclic) bond motifs is 2. The smallest absolute Gasteiger partial charge is 0.240 e. The molecule has 102 valence electrons. The topological polar surface area (TPSA) is 91.0 Å². The lowest BCUT2D eigenvalue weighted by atomic mass is 9.87. The maximum Gasteiger partial charge on any atom is 0.240 e. The highest BCUT2D eigenvalue weighted by atomic mass is 32.1. The van der Waals surface area contributed by atoms with Gasteiger partial charge in [-0.2, -0.15) is 0 Å². The summed E-state index contributed by atoms with van der Waals surface area (Å²) >= 11 is 1.52. The molecule has 5 N–H and O–H groups in total. The molecule has 1 aromatic heterocycles. The third-order valence-electron chi connectivity index (χ3n) is 4.14. The molecule has 2 aliphatic heterocycles. The van der Waals surface area contributed by atoms with Gasteiger partial charge in [-0.15, -0.1) is 11.3 Å². The number of thiophene rings is 1. The maximum absolute atomic E-state index is 12.3. The average Bonchev–Trinajstić information content (AvgIpc) is 3.11. The number of hydrogen-bond acceptors (Lipinski definition) is 4. The van der Waals surface area contributed by atoms with E-state index in [2.05, 4.69) is 10.6 Å². The lowest BCUT2D eigenvalue weighted by molar-refractivity contribution is -0.127. The first-order chi connectivity index (χ1) is 9.09. The molecule has 0 aliphatic carbocycles. The number of nitrogen functional groups attached to an aromatic ring is 1. The number of carbonyl (C=O) groups is 1. The van der Waals surface area contributed by atoms with Gasteiger partial charge < -0.3 is 16.4 Å². The van der Waals surface area contributed by atoms with Crippen molar-refractivity contribution in [3.8, 4) is 0 Å². The minimum Gasteiger partial charge on any atom is -0.384 e. The van der Waals surface area contributed by atoms with Crippen molar-refractivity contribution >= 4 is 23.1 Å². The Morgan fingerprint density at radius 3 is 2.84 bits per heavy atom. The quantitative estimate of drug-likeness (QED) is 0.488. The lowest BCUT2D eigenvalue weighted by Crippen LogP contribution is -2.50. The highest BCUT2D eigenvalue weighted by Crippen LogP contribution is 2.37. The summed E-state index contributed by atoms with van der Waals surface area (Å²) in [6.07, 6.45) is 4.13. The standard InChI is InChI=1S/C13H18N4OS/c14-11(15)8-5-10(19-7-8)6-16-12(18)13-3-1-9(17-13)2-4-13/h5,7,9,17H,1-4,6H2,(H3,14,15)(H,16,18). The van der Waals surface area contributed by atoms with Crippen molar-refractivity contribution in [2.45, 2.75) is 43.8 Å². The summed E-state index contributed by atoms with van der Waals surface area (Å²) in [6.45, 7) is 0.519. The zero-order chi connectivity index (χ0) is 13.5. The Labute approximate surface area is 116 Å². The zero-order valence-electron chi connectivity index (χ0n) is 10.7. The molecule has 0 atom stereocenters. The van der Waals surface area contributed by atoms with Crippen molar-refractivity contribution in [2.75, 3.05) is 0 Å². The second-order valence-corrected chi connectivity index (χ2v) is 6.39. The van der Waals surface area contributed by atoms with Crippen LogP contribution in [0, 0.1) is 5.41 Å². The number of amidine groups is 1. The molecule has 2 fully saturated rings. The molecule has 3 rings (SSSR count). The molecule has 0 saturated carbocycles. The van der Waals surface area contributed by atoms with E-state index >= 15 is 0 Å². The number of hydrogen-bond donors (Lipinski definition) is 4. The van der Waals surface area contributed by atoms with Gasteiger partial charge in [0.1, 0.15) is 5.84 Å². The largest absolute Gasteiger partial charge is 0.384 e. The summed E-state index contributed by atoms with van der Waals surface area (Å²) in [5.74, 6) is 0.189. The second-order valence-electron chi connectivity index (χ2n) is 5.40. The summed E-state index contributed by atoms with van der Waals surface area (Å²) in [5, 5.41) is 15.7. The highest BCUT2D eigenvalue weighted by Gasteiger charge is 2.49. The minimum absolute atomic E-state index is 0.0727. The zero-order valence-corrected chi connectivity index (χ0v) is 11.5. The van der Waals surface area contributed by atoms with Gasteiger partial charge in [-0.05, 0) is 31.7 Å². The van der Waals surface area contributed by atoms with Crippen LogP contribution in [0.1, 0.15) is 36.1 Å². The fourth-order valence-corrected chi connectivity index (χ4v) is 3.86. The normalized spacial score (nSPS) is 28.5. The first-order valence-electron chi connectivity index (χ1n) is 6.57. The molecule has 0 aromatic carbocycles. The fraction of sp³-hybridized carbons (Fsp3) is 0.538. The van der Waals surface area contributed by atoms with E-state index < -0.39 is 0 Å². The van der Waals surface area contributed by atoms with Gasteiger partial charge in [0.15, 0.2) is 0 Å². The van der Waals surface area contributed by atoms with Crippen LogP contribution in [0.3, 0.4) is 0 Å². The molecule has 19 heavy (non-hydrogen) atoms. The molecule has 6 heteroatoms. The number of rotatable bonds is 4. The van der Waals surface area contributed by atoms with E-state index in [1.165, 1.54) is 11.3 Å². The van der Waals surface area contributed by atoms with E-state index in [9.17, 15) is 4.79 Å². The summed E-state index contributed by atoms with van der Waals surface area (Å²) in [5.41, 5.74) is 5.84.